The van der Waals surface area contributed by atoms with Crippen LogP contribution in [0, 0.1) is 0 Å². The number of fused-ring (bicyclic) bond motifs is 1. The number of aromatic nitrogens is 1. The first-order chi connectivity index (χ1) is 12.8. The Kier molecular flexibility index (Phi) is 5.32. The van der Waals surface area contributed by atoms with E-state index in [9.17, 15) is 9.59 Å². The zero-order valence-corrected chi connectivity index (χ0v) is 16.0. The molecule has 27 heavy (non-hydrogen) atoms. The van der Waals surface area contributed by atoms with Gasteiger partial charge in [0, 0.05) is 44.1 Å². The van der Waals surface area contributed by atoms with Gasteiger partial charge in [-0.1, -0.05) is 6.07 Å². The summed E-state index contributed by atoms with van der Waals surface area (Å²) < 4.78 is 6.87. The molecule has 1 amide bonds. The lowest BCUT2D eigenvalue weighted by Crippen LogP contribution is -2.23. The third-order valence-electron chi connectivity index (χ3n) is 4.32. The monoisotopic (exact) mass is 368 g/mol. The molecule has 0 saturated heterocycles. The van der Waals surface area contributed by atoms with Crippen LogP contribution in [0.1, 0.15) is 10.4 Å². The number of nitrogens with zero attached hydrogens (tertiary/aromatic N) is 3. The summed E-state index contributed by atoms with van der Waals surface area (Å²) in [6, 6.07) is 12.6. The van der Waals surface area contributed by atoms with E-state index in [1.807, 2.05) is 56.2 Å². The molecule has 0 aliphatic carbocycles. The number of amides is 1. The zero-order valence-electron chi connectivity index (χ0n) is 16.0. The molecule has 0 saturated carbocycles. The fourth-order valence-corrected chi connectivity index (χ4v) is 2.78. The lowest BCUT2D eigenvalue weighted by molar-refractivity contribution is 0.102. The van der Waals surface area contributed by atoms with Gasteiger partial charge in [0.1, 0.15) is 0 Å². The van der Waals surface area contributed by atoms with Gasteiger partial charge in [-0.25, -0.2) is 4.79 Å². The highest BCUT2D eigenvalue weighted by atomic mass is 16.4. The number of benzene rings is 2. The van der Waals surface area contributed by atoms with Crippen LogP contribution in [0.5, 0.6) is 0 Å². The number of likely N-dealkylation sites (N-methyl/N-ethyl adjacent to an activating group) is 1. The minimum atomic E-state index is -0.394. The second-order valence-electron chi connectivity index (χ2n) is 6.90. The summed E-state index contributed by atoms with van der Waals surface area (Å²) in [5.74, 6) is -0.599. The van der Waals surface area contributed by atoms with Crippen molar-refractivity contribution in [1.82, 2.24) is 9.47 Å². The van der Waals surface area contributed by atoms with Gasteiger partial charge in [-0.3, -0.25) is 9.36 Å². The summed E-state index contributed by atoms with van der Waals surface area (Å²) in [4.78, 5) is 28.6. The number of nitrogens with one attached hydrogen (secondary N) is 1. The summed E-state index contributed by atoms with van der Waals surface area (Å²) in [6.07, 6.45) is 0. The largest absolute Gasteiger partial charge is 0.419 e. The molecular weight excluding hydrogens is 344 g/mol. The number of oxazole rings is 1. The predicted molar refractivity (Wildman–Crippen MR) is 108 cm³/mol. The third-order valence-corrected chi connectivity index (χ3v) is 4.32. The van der Waals surface area contributed by atoms with Crippen molar-refractivity contribution in [2.24, 2.45) is 0 Å². The highest BCUT2D eigenvalue weighted by molar-refractivity contribution is 6.05. The predicted octanol–water partition coefficient (Wildman–Crippen LogP) is 2.47. The Labute approximate surface area is 157 Å². The molecule has 1 aromatic heterocycles. The standard InChI is InChI=1S/C20H24N4O3/c1-22(2)10-11-24-17-13-15(8-9-18(17)27-20(24)26)21-19(25)14-6-5-7-16(12-14)23(3)4/h5-9,12-13H,10-11H2,1-4H3,(H,21,25). The van der Waals surface area contributed by atoms with Crippen LogP contribution >= 0.6 is 0 Å². The maximum absolute atomic E-state index is 12.6. The van der Waals surface area contributed by atoms with Crippen molar-refractivity contribution in [2.75, 3.05) is 45.0 Å². The third kappa shape index (κ3) is 4.20. The van der Waals surface area contributed by atoms with E-state index in [-0.39, 0.29) is 5.91 Å². The molecule has 0 spiro atoms. The lowest BCUT2D eigenvalue weighted by atomic mass is 10.1. The van der Waals surface area contributed by atoms with Gasteiger partial charge < -0.3 is 19.5 Å². The molecule has 0 bridgehead atoms. The van der Waals surface area contributed by atoms with Crippen molar-refractivity contribution in [3.63, 3.8) is 0 Å². The van der Waals surface area contributed by atoms with Crippen molar-refractivity contribution in [2.45, 2.75) is 6.54 Å². The lowest BCUT2D eigenvalue weighted by Gasteiger charge is -2.13. The summed E-state index contributed by atoms with van der Waals surface area (Å²) in [6.45, 7) is 1.23. The highest BCUT2D eigenvalue weighted by Gasteiger charge is 2.12. The van der Waals surface area contributed by atoms with Crippen LogP contribution < -0.4 is 16.0 Å². The van der Waals surface area contributed by atoms with E-state index in [0.29, 0.717) is 35.4 Å². The Morgan fingerprint density at radius 3 is 2.59 bits per heavy atom. The molecule has 142 valence electrons. The van der Waals surface area contributed by atoms with Crippen LogP contribution in [-0.4, -0.2) is 50.1 Å². The smallest absolute Gasteiger partial charge is 0.408 e. The van der Waals surface area contributed by atoms with E-state index in [2.05, 4.69) is 5.32 Å². The van der Waals surface area contributed by atoms with Crippen LogP contribution in [-0.2, 0) is 6.54 Å². The Morgan fingerprint density at radius 1 is 1.11 bits per heavy atom. The summed E-state index contributed by atoms with van der Waals surface area (Å²) in [5, 5.41) is 2.89. The van der Waals surface area contributed by atoms with Crippen molar-refractivity contribution in [1.29, 1.82) is 0 Å². The molecule has 3 aromatic rings. The van der Waals surface area contributed by atoms with E-state index in [1.54, 1.807) is 28.8 Å². The molecule has 0 atom stereocenters. The van der Waals surface area contributed by atoms with Crippen molar-refractivity contribution < 1.29 is 9.21 Å². The first kappa shape index (κ1) is 18.7. The molecular formula is C20H24N4O3. The van der Waals surface area contributed by atoms with Crippen LogP contribution in [0.25, 0.3) is 11.1 Å². The fraction of sp³-hybridized carbons (Fsp3) is 0.300. The van der Waals surface area contributed by atoms with E-state index >= 15 is 0 Å². The van der Waals surface area contributed by atoms with Gasteiger partial charge in [-0.05, 0) is 50.5 Å². The minimum Gasteiger partial charge on any atom is -0.408 e. The normalized spacial score (nSPS) is 11.1. The highest BCUT2D eigenvalue weighted by Crippen LogP contribution is 2.20. The van der Waals surface area contributed by atoms with Gasteiger partial charge in [0.25, 0.3) is 5.91 Å². The van der Waals surface area contributed by atoms with Crippen LogP contribution in [0.2, 0.25) is 0 Å². The molecule has 3 rings (SSSR count). The average molecular weight is 368 g/mol. The molecule has 7 heteroatoms. The van der Waals surface area contributed by atoms with E-state index in [0.717, 1.165) is 5.69 Å². The summed E-state index contributed by atoms with van der Waals surface area (Å²) >= 11 is 0. The Balaban J connectivity index is 1.86. The number of carbonyl (C=O) groups excluding carboxylic acids is 1. The fourth-order valence-electron chi connectivity index (χ4n) is 2.78. The van der Waals surface area contributed by atoms with Gasteiger partial charge >= 0.3 is 5.76 Å². The summed E-state index contributed by atoms with van der Waals surface area (Å²) in [5.41, 5.74) is 3.30. The molecule has 0 radical (unpaired) electrons. The van der Waals surface area contributed by atoms with Gasteiger partial charge in [0.2, 0.25) is 0 Å². The topological polar surface area (TPSA) is 70.7 Å². The Hall–Kier alpha value is -3.06. The number of anilines is 2. The van der Waals surface area contributed by atoms with E-state index < -0.39 is 5.76 Å². The van der Waals surface area contributed by atoms with E-state index in [4.69, 9.17) is 4.42 Å². The number of hydrogen-bond donors (Lipinski definition) is 1. The Morgan fingerprint density at radius 2 is 1.89 bits per heavy atom. The average Bonchev–Trinajstić information content (AvgIpc) is 2.94. The second-order valence-corrected chi connectivity index (χ2v) is 6.90. The minimum absolute atomic E-state index is 0.205. The molecule has 0 fully saturated rings. The zero-order chi connectivity index (χ0) is 19.6. The molecule has 1 N–H and O–H groups in total. The van der Waals surface area contributed by atoms with Crippen molar-refractivity contribution in [3.8, 4) is 0 Å². The van der Waals surface area contributed by atoms with Gasteiger partial charge in [-0.15, -0.1) is 0 Å². The van der Waals surface area contributed by atoms with Gasteiger partial charge in [0.05, 0.1) is 5.52 Å². The quantitative estimate of drug-likeness (QED) is 0.724. The van der Waals surface area contributed by atoms with Crippen LogP contribution in [0.3, 0.4) is 0 Å². The van der Waals surface area contributed by atoms with Gasteiger partial charge in [0.15, 0.2) is 5.58 Å². The van der Waals surface area contributed by atoms with Crippen LogP contribution in [0.4, 0.5) is 11.4 Å². The number of carbonyl (C=O) groups is 1. The molecule has 0 aliphatic rings. The first-order valence-electron chi connectivity index (χ1n) is 8.72. The first-order valence-corrected chi connectivity index (χ1v) is 8.72. The van der Waals surface area contributed by atoms with Crippen molar-refractivity contribution >= 4 is 28.4 Å². The van der Waals surface area contributed by atoms with Crippen LogP contribution in [0.15, 0.2) is 51.7 Å². The number of rotatable bonds is 6. The molecule has 0 aliphatic heterocycles. The maximum Gasteiger partial charge on any atom is 0.419 e. The molecule has 2 aromatic carbocycles. The number of hydrogen-bond acceptors (Lipinski definition) is 5. The maximum atomic E-state index is 12.6. The molecule has 7 nitrogen and oxygen atoms in total. The molecule has 1 heterocycles. The van der Waals surface area contributed by atoms with Gasteiger partial charge in [-0.2, -0.15) is 0 Å². The Bertz CT molecular complexity index is 1020. The SMILES string of the molecule is CN(C)CCn1c(=O)oc2ccc(NC(=O)c3cccc(N(C)C)c3)cc21. The summed E-state index contributed by atoms with van der Waals surface area (Å²) in [7, 11) is 7.75. The molecule has 0 unspecified atom stereocenters. The second kappa shape index (κ2) is 7.67. The van der Waals surface area contributed by atoms with E-state index in [1.165, 1.54) is 0 Å². The van der Waals surface area contributed by atoms with Crippen molar-refractivity contribution in [3.05, 3.63) is 58.6 Å².